The van der Waals surface area contributed by atoms with Gasteiger partial charge in [-0.2, -0.15) is 0 Å². The van der Waals surface area contributed by atoms with E-state index in [1.54, 1.807) is 0 Å². The number of carbonyl (C=O) groups excluding carboxylic acids is 1. The quantitative estimate of drug-likeness (QED) is 0.685. The van der Waals surface area contributed by atoms with E-state index in [0.717, 1.165) is 25.7 Å². The third-order valence-corrected chi connectivity index (χ3v) is 10.1. The predicted molar refractivity (Wildman–Crippen MR) is 91.5 cm³/mol. The van der Waals surface area contributed by atoms with Crippen molar-refractivity contribution in [3.8, 4) is 0 Å². The molecule has 1 heterocycles. The SMILES string of the molecule is C[C@]1(O)CC[C@H]2[C@@H]3CC[C@]45O[C@]4(C)C(=O)CC[C@]5(C)[C@H]3CC[C@@]21C. The predicted octanol–water partition coefficient (Wildman–Crippen LogP) is 3.87. The molecule has 1 aliphatic heterocycles. The molecule has 5 fully saturated rings. The summed E-state index contributed by atoms with van der Waals surface area (Å²) in [5, 5.41) is 11.0. The molecule has 8 atom stereocenters. The number of hydrogen-bond acceptors (Lipinski definition) is 3. The molecule has 4 aliphatic carbocycles. The van der Waals surface area contributed by atoms with Crippen LogP contribution in [-0.2, 0) is 9.53 Å². The van der Waals surface area contributed by atoms with Gasteiger partial charge in [-0.1, -0.05) is 13.8 Å². The fourth-order valence-electron chi connectivity index (χ4n) is 8.23. The Morgan fingerprint density at radius 1 is 0.917 bits per heavy atom. The van der Waals surface area contributed by atoms with E-state index in [0.29, 0.717) is 30.0 Å². The average Bonchev–Trinajstić information content (AvgIpc) is 3.08. The molecule has 0 amide bonds. The summed E-state index contributed by atoms with van der Waals surface area (Å²) in [5.74, 6) is 2.34. The molecule has 24 heavy (non-hydrogen) atoms. The Morgan fingerprint density at radius 3 is 2.33 bits per heavy atom. The maximum atomic E-state index is 12.5. The van der Waals surface area contributed by atoms with Crippen molar-refractivity contribution >= 4 is 5.78 Å². The highest BCUT2D eigenvalue weighted by Crippen LogP contribution is 2.76. The third-order valence-electron chi connectivity index (χ3n) is 10.1. The maximum absolute atomic E-state index is 12.5. The molecule has 4 saturated carbocycles. The summed E-state index contributed by atoms with van der Waals surface area (Å²) in [6.07, 6.45) is 8.36. The van der Waals surface area contributed by atoms with Crippen LogP contribution in [0.4, 0.5) is 0 Å². The van der Waals surface area contributed by atoms with E-state index in [-0.39, 0.29) is 16.4 Å². The Hall–Kier alpha value is -0.410. The lowest BCUT2D eigenvalue weighted by Crippen LogP contribution is -2.61. The lowest BCUT2D eigenvalue weighted by Gasteiger charge is -2.60. The molecule has 5 rings (SSSR count). The fourth-order valence-corrected chi connectivity index (χ4v) is 8.23. The van der Waals surface area contributed by atoms with Gasteiger partial charge in [0.05, 0.1) is 5.60 Å². The number of carbonyl (C=O) groups is 1. The first-order chi connectivity index (χ1) is 11.1. The Balaban J connectivity index is 1.53. The van der Waals surface area contributed by atoms with Gasteiger partial charge in [0.25, 0.3) is 0 Å². The van der Waals surface area contributed by atoms with Gasteiger partial charge < -0.3 is 9.84 Å². The van der Waals surface area contributed by atoms with Crippen molar-refractivity contribution < 1.29 is 14.6 Å². The van der Waals surface area contributed by atoms with Crippen LogP contribution in [0.3, 0.4) is 0 Å². The summed E-state index contributed by atoms with van der Waals surface area (Å²) in [6, 6.07) is 0. The summed E-state index contributed by atoms with van der Waals surface area (Å²) in [7, 11) is 0. The molecule has 1 saturated heterocycles. The van der Waals surface area contributed by atoms with Crippen LogP contribution in [0.2, 0.25) is 0 Å². The first-order valence-electron chi connectivity index (χ1n) is 10.1. The molecule has 0 bridgehead atoms. The van der Waals surface area contributed by atoms with Crippen LogP contribution in [0, 0.1) is 28.6 Å². The number of rotatable bonds is 0. The van der Waals surface area contributed by atoms with E-state index in [1.807, 2.05) is 0 Å². The van der Waals surface area contributed by atoms with Crippen molar-refractivity contribution in [3.05, 3.63) is 0 Å². The van der Waals surface area contributed by atoms with Gasteiger partial charge in [-0.3, -0.25) is 4.79 Å². The molecule has 0 aromatic rings. The highest BCUT2D eigenvalue weighted by atomic mass is 16.6. The van der Waals surface area contributed by atoms with Gasteiger partial charge in [-0.05, 0) is 82.0 Å². The minimum atomic E-state index is -0.508. The van der Waals surface area contributed by atoms with Crippen molar-refractivity contribution in [2.45, 2.75) is 95.9 Å². The zero-order valence-corrected chi connectivity index (χ0v) is 15.7. The molecule has 134 valence electrons. The summed E-state index contributed by atoms with van der Waals surface area (Å²) in [6.45, 7) is 8.90. The van der Waals surface area contributed by atoms with Crippen molar-refractivity contribution in [1.29, 1.82) is 0 Å². The van der Waals surface area contributed by atoms with Crippen LogP contribution >= 0.6 is 0 Å². The van der Waals surface area contributed by atoms with Gasteiger partial charge in [-0.25, -0.2) is 0 Å². The number of epoxide rings is 1. The normalized spacial score (nSPS) is 64.7. The van der Waals surface area contributed by atoms with Gasteiger partial charge in [0.1, 0.15) is 5.60 Å². The number of fused-ring (bicyclic) bond motifs is 4. The van der Waals surface area contributed by atoms with Crippen LogP contribution in [0.1, 0.15) is 79.1 Å². The molecular weight excluding hydrogens is 300 g/mol. The first kappa shape index (κ1) is 15.8. The minimum absolute atomic E-state index is 0.0766. The monoisotopic (exact) mass is 332 g/mol. The average molecular weight is 332 g/mol. The third kappa shape index (κ3) is 1.41. The minimum Gasteiger partial charge on any atom is -0.390 e. The topological polar surface area (TPSA) is 49.8 Å². The van der Waals surface area contributed by atoms with Gasteiger partial charge in [0, 0.05) is 11.8 Å². The second-order valence-electron chi connectivity index (χ2n) is 10.5. The smallest absolute Gasteiger partial charge is 0.167 e. The van der Waals surface area contributed by atoms with E-state index in [9.17, 15) is 9.90 Å². The molecule has 1 spiro atoms. The zero-order chi connectivity index (χ0) is 17.2. The van der Waals surface area contributed by atoms with Crippen LogP contribution in [0.15, 0.2) is 0 Å². The van der Waals surface area contributed by atoms with Crippen molar-refractivity contribution in [2.75, 3.05) is 0 Å². The van der Waals surface area contributed by atoms with E-state index >= 15 is 0 Å². The standard InChI is InChI=1S/C21H32O3/c1-17-9-6-15-13(14(17)7-11-19(17,3)23)5-12-21-18(15,2)10-8-16(22)20(21,4)24-21/h13-15,23H,5-12H2,1-4H3/t13-,14-,15-,17-,18+,19-,20+,21+/m0/s1. The molecule has 0 radical (unpaired) electrons. The zero-order valence-electron chi connectivity index (χ0n) is 15.7. The van der Waals surface area contributed by atoms with Crippen LogP contribution in [-0.4, -0.2) is 27.7 Å². The summed E-state index contributed by atoms with van der Waals surface area (Å²) < 4.78 is 6.30. The van der Waals surface area contributed by atoms with E-state index in [2.05, 4.69) is 27.7 Å². The Morgan fingerprint density at radius 2 is 1.58 bits per heavy atom. The number of ketones is 1. The van der Waals surface area contributed by atoms with Crippen LogP contribution in [0.5, 0.6) is 0 Å². The highest BCUT2D eigenvalue weighted by molar-refractivity contribution is 5.93. The lowest BCUT2D eigenvalue weighted by atomic mass is 9.43. The van der Waals surface area contributed by atoms with Gasteiger partial charge >= 0.3 is 0 Å². The number of hydrogen-bond donors (Lipinski definition) is 1. The Kier molecular flexibility index (Phi) is 2.71. The number of ether oxygens (including phenoxy) is 1. The molecule has 3 heteroatoms. The van der Waals surface area contributed by atoms with E-state index < -0.39 is 11.2 Å². The van der Waals surface area contributed by atoms with Gasteiger partial charge in [-0.15, -0.1) is 0 Å². The molecule has 5 aliphatic rings. The van der Waals surface area contributed by atoms with Crippen LogP contribution in [0.25, 0.3) is 0 Å². The molecule has 3 nitrogen and oxygen atoms in total. The Labute approximate surface area is 145 Å². The second kappa shape index (κ2) is 4.11. The van der Waals surface area contributed by atoms with Crippen LogP contribution < -0.4 is 0 Å². The van der Waals surface area contributed by atoms with Gasteiger partial charge in [0.15, 0.2) is 11.4 Å². The van der Waals surface area contributed by atoms with Gasteiger partial charge in [0.2, 0.25) is 0 Å². The largest absolute Gasteiger partial charge is 0.390 e. The summed E-state index contributed by atoms with van der Waals surface area (Å²) in [5.41, 5.74) is -0.953. The maximum Gasteiger partial charge on any atom is 0.167 e. The second-order valence-corrected chi connectivity index (χ2v) is 10.5. The molecule has 1 N–H and O–H groups in total. The van der Waals surface area contributed by atoms with Crippen molar-refractivity contribution in [3.63, 3.8) is 0 Å². The summed E-state index contributed by atoms with van der Waals surface area (Å²) in [4.78, 5) is 12.5. The first-order valence-corrected chi connectivity index (χ1v) is 10.1. The van der Waals surface area contributed by atoms with Crippen molar-refractivity contribution in [2.24, 2.45) is 28.6 Å². The Bertz CT molecular complexity index is 627. The highest BCUT2D eigenvalue weighted by Gasteiger charge is 2.82. The van der Waals surface area contributed by atoms with E-state index in [1.165, 1.54) is 19.3 Å². The molecule has 0 unspecified atom stereocenters. The van der Waals surface area contributed by atoms with Crippen molar-refractivity contribution in [1.82, 2.24) is 0 Å². The molecule has 0 aromatic carbocycles. The fraction of sp³-hybridized carbons (Fsp3) is 0.952. The lowest BCUT2D eigenvalue weighted by molar-refractivity contribution is -0.150. The summed E-state index contributed by atoms with van der Waals surface area (Å²) >= 11 is 0. The van der Waals surface area contributed by atoms with E-state index in [4.69, 9.17) is 4.74 Å². The number of aliphatic hydroxyl groups is 1. The molecular formula is C21H32O3. The number of Topliss-reactive ketones (excluding diaryl/α,β-unsaturated/α-hetero) is 1. The molecule has 0 aromatic heterocycles.